The van der Waals surface area contributed by atoms with Crippen LogP contribution in [0.5, 0.6) is 0 Å². The van der Waals surface area contributed by atoms with E-state index < -0.39 is 5.41 Å². The first-order valence-electron chi connectivity index (χ1n) is 24.3. The SMILES string of the molecule is c1ccc2c(c1)-c1c(c3c4ccccc4ccc3c3ccccc13)C21c2cc(-c3ccc4ccc5cccc6ccc3c4c56)ccc2-c2ccc(-c3ccc4ccc5cccc6ccc3c4c56)cc21. The van der Waals surface area contributed by atoms with Gasteiger partial charge in [0.25, 0.3) is 0 Å². The van der Waals surface area contributed by atoms with Crippen molar-refractivity contribution in [2.24, 2.45) is 0 Å². The lowest BCUT2D eigenvalue weighted by atomic mass is 9.68. The Labute approximate surface area is 397 Å². The minimum atomic E-state index is -0.636. The Morgan fingerprint density at radius 1 is 0.217 bits per heavy atom. The average Bonchev–Trinajstić information content (AvgIpc) is 3.88. The summed E-state index contributed by atoms with van der Waals surface area (Å²) in [6.45, 7) is 0. The molecule has 15 aromatic rings. The van der Waals surface area contributed by atoms with Crippen molar-refractivity contribution in [3.05, 3.63) is 253 Å². The quantitative estimate of drug-likeness (QED) is 0.152. The van der Waals surface area contributed by atoms with Crippen molar-refractivity contribution in [3.63, 3.8) is 0 Å². The van der Waals surface area contributed by atoms with Crippen LogP contribution >= 0.6 is 0 Å². The summed E-state index contributed by atoms with van der Waals surface area (Å²) >= 11 is 0. The summed E-state index contributed by atoms with van der Waals surface area (Å²) in [6, 6.07) is 88.6. The van der Waals surface area contributed by atoms with Gasteiger partial charge in [0.1, 0.15) is 0 Å². The Hall–Kier alpha value is -8.84. The maximum absolute atomic E-state index is 2.59. The highest BCUT2D eigenvalue weighted by atomic mass is 14.5. The third kappa shape index (κ3) is 4.42. The number of benzene rings is 15. The molecule has 0 heteroatoms. The molecular weight excluding hydrogens is 829 g/mol. The predicted octanol–water partition coefficient (Wildman–Crippen LogP) is 18.6. The van der Waals surface area contributed by atoms with Crippen molar-refractivity contribution < 1.29 is 0 Å². The second kappa shape index (κ2) is 12.8. The van der Waals surface area contributed by atoms with Gasteiger partial charge in [-0.25, -0.2) is 0 Å². The normalized spacial score (nSPS) is 13.6. The van der Waals surface area contributed by atoms with Crippen molar-refractivity contribution in [2.45, 2.75) is 5.41 Å². The summed E-state index contributed by atoms with van der Waals surface area (Å²) in [5.41, 5.74) is 15.1. The molecule has 314 valence electrons. The van der Waals surface area contributed by atoms with E-state index in [-0.39, 0.29) is 0 Å². The molecular formula is C69H38. The van der Waals surface area contributed by atoms with E-state index in [4.69, 9.17) is 0 Å². The molecule has 0 saturated heterocycles. The summed E-state index contributed by atoms with van der Waals surface area (Å²) in [5.74, 6) is 0. The van der Waals surface area contributed by atoms with E-state index in [1.54, 1.807) is 0 Å². The molecule has 0 amide bonds. The summed E-state index contributed by atoms with van der Waals surface area (Å²) in [4.78, 5) is 0. The minimum absolute atomic E-state index is 0.636. The molecule has 1 spiro atoms. The Morgan fingerprint density at radius 2 is 0.652 bits per heavy atom. The highest BCUT2D eigenvalue weighted by molar-refractivity contribution is 6.29. The van der Waals surface area contributed by atoms with Gasteiger partial charge in [-0.05, 0) is 176 Å². The molecule has 2 aliphatic rings. The molecule has 0 unspecified atom stereocenters. The third-order valence-electron chi connectivity index (χ3n) is 16.7. The van der Waals surface area contributed by atoms with Crippen LogP contribution in [0.4, 0.5) is 0 Å². The Kier molecular flexibility index (Phi) is 6.72. The van der Waals surface area contributed by atoms with E-state index >= 15 is 0 Å². The van der Waals surface area contributed by atoms with E-state index in [9.17, 15) is 0 Å². The van der Waals surface area contributed by atoms with Gasteiger partial charge < -0.3 is 0 Å². The average molecular weight is 867 g/mol. The molecule has 0 radical (unpaired) electrons. The molecule has 0 nitrogen and oxygen atoms in total. The monoisotopic (exact) mass is 866 g/mol. The molecule has 17 rings (SSSR count). The second-order valence-electron chi connectivity index (χ2n) is 19.8. The molecule has 0 fully saturated rings. The minimum Gasteiger partial charge on any atom is -0.0619 e. The lowest BCUT2D eigenvalue weighted by Gasteiger charge is -2.33. The third-order valence-corrected chi connectivity index (χ3v) is 16.7. The molecule has 2 aliphatic carbocycles. The second-order valence-corrected chi connectivity index (χ2v) is 19.8. The molecule has 69 heavy (non-hydrogen) atoms. The fourth-order valence-corrected chi connectivity index (χ4v) is 14.0. The van der Waals surface area contributed by atoms with Crippen molar-refractivity contribution in [1.29, 1.82) is 0 Å². The van der Waals surface area contributed by atoms with Gasteiger partial charge >= 0.3 is 0 Å². The topological polar surface area (TPSA) is 0 Å². The number of hydrogen-bond acceptors (Lipinski definition) is 0. The standard InChI is InChI=1S/C69H38/c1-2-14-50-39(9-1)23-34-57-51-15-3-4-16-54(51)67-58-17-5-6-18-59(58)69(68(67)66(50)57)60-37-46(48-30-24-44-21-19-40-10-7-12-42-26-35-55(48)64(44)62(40)42)28-32-52(60)53-33-29-47(38-61(53)69)49-31-25-45-22-20-41-11-8-13-43-27-36-56(49)65(45)63(41)43/h1-38H. The fraction of sp³-hybridized carbons (Fsp3) is 0.0145. The van der Waals surface area contributed by atoms with Gasteiger partial charge in [0.05, 0.1) is 5.41 Å². The number of rotatable bonds is 2. The van der Waals surface area contributed by atoms with Crippen molar-refractivity contribution in [3.8, 4) is 44.5 Å². The maximum Gasteiger partial charge on any atom is 0.0732 e. The van der Waals surface area contributed by atoms with Crippen LogP contribution in [0.3, 0.4) is 0 Å². The van der Waals surface area contributed by atoms with Crippen molar-refractivity contribution in [2.75, 3.05) is 0 Å². The van der Waals surface area contributed by atoms with Gasteiger partial charge in [-0.15, -0.1) is 0 Å². The molecule has 0 atom stereocenters. The molecule has 0 heterocycles. The van der Waals surface area contributed by atoms with Gasteiger partial charge in [0.15, 0.2) is 0 Å². The molecule has 0 saturated carbocycles. The van der Waals surface area contributed by atoms with E-state index in [1.807, 2.05) is 0 Å². The van der Waals surface area contributed by atoms with Gasteiger partial charge in [0, 0.05) is 0 Å². The zero-order chi connectivity index (χ0) is 44.7. The molecule has 0 aromatic heterocycles. The first-order valence-corrected chi connectivity index (χ1v) is 24.3. The van der Waals surface area contributed by atoms with Crippen molar-refractivity contribution in [1.82, 2.24) is 0 Å². The first kappa shape index (κ1) is 36.3. The summed E-state index contributed by atoms with van der Waals surface area (Å²) in [5, 5.41) is 23.5. The molecule has 0 aliphatic heterocycles. The van der Waals surface area contributed by atoms with Gasteiger partial charge in [0.2, 0.25) is 0 Å². The lowest BCUT2D eigenvalue weighted by Crippen LogP contribution is -2.26. The predicted molar refractivity (Wildman–Crippen MR) is 294 cm³/mol. The maximum atomic E-state index is 2.59. The summed E-state index contributed by atoms with van der Waals surface area (Å²) in [6.07, 6.45) is 0. The van der Waals surface area contributed by atoms with E-state index in [2.05, 4.69) is 231 Å². The summed E-state index contributed by atoms with van der Waals surface area (Å²) < 4.78 is 0. The van der Waals surface area contributed by atoms with Crippen LogP contribution in [-0.4, -0.2) is 0 Å². The zero-order valence-corrected chi connectivity index (χ0v) is 37.4. The largest absolute Gasteiger partial charge is 0.0732 e. The number of hydrogen-bond donors (Lipinski definition) is 0. The Balaban J connectivity index is 1.03. The van der Waals surface area contributed by atoms with Crippen LogP contribution in [0.25, 0.3) is 141 Å². The van der Waals surface area contributed by atoms with Gasteiger partial charge in [-0.3, -0.25) is 0 Å². The van der Waals surface area contributed by atoms with Crippen LogP contribution in [0.1, 0.15) is 22.3 Å². The highest BCUT2D eigenvalue weighted by Crippen LogP contribution is 2.67. The van der Waals surface area contributed by atoms with E-state index in [0.29, 0.717) is 0 Å². The molecule has 0 N–H and O–H groups in total. The van der Waals surface area contributed by atoms with Crippen LogP contribution in [-0.2, 0) is 5.41 Å². The lowest BCUT2D eigenvalue weighted by molar-refractivity contribution is 0.803. The van der Waals surface area contributed by atoms with Gasteiger partial charge in [-0.2, -0.15) is 0 Å². The van der Waals surface area contributed by atoms with Crippen LogP contribution in [0, 0.1) is 0 Å². The smallest absolute Gasteiger partial charge is 0.0619 e. The highest BCUT2D eigenvalue weighted by Gasteiger charge is 2.53. The fourth-order valence-electron chi connectivity index (χ4n) is 14.0. The molecule has 0 bridgehead atoms. The van der Waals surface area contributed by atoms with Crippen LogP contribution in [0.15, 0.2) is 231 Å². The van der Waals surface area contributed by atoms with Crippen LogP contribution in [0.2, 0.25) is 0 Å². The Morgan fingerprint density at radius 3 is 1.26 bits per heavy atom. The van der Waals surface area contributed by atoms with Crippen LogP contribution < -0.4 is 0 Å². The first-order chi connectivity index (χ1) is 34.2. The Bertz CT molecular complexity index is 4550. The van der Waals surface area contributed by atoms with E-state index in [0.717, 1.165) is 0 Å². The summed E-state index contributed by atoms with van der Waals surface area (Å²) in [7, 11) is 0. The van der Waals surface area contributed by atoms with E-state index in [1.165, 1.54) is 164 Å². The molecule has 15 aromatic carbocycles. The van der Waals surface area contributed by atoms with Gasteiger partial charge in [-0.1, -0.05) is 218 Å². The zero-order valence-electron chi connectivity index (χ0n) is 37.4. The van der Waals surface area contributed by atoms with Crippen molar-refractivity contribution >= 4 is 97.0 Å². The number of fused-ring (bicyclic) bond motifs is 17.